The van der Waals surface area contributed by atoms with Crippen molar-refractivity contribution in [1.29, 1.82) is 5.26 Å². The van der Waals surface area contributed by atoms with E-state index in [2.05, 4.69) is 20.3 Å². The monoisotopic (exact) mass is 391 g/mol. The number of hydrogen-bond acceptors (Lipinski definition) is 6. The zero-order valence-electron chi connectivity index (χ0n) is 15.5. The van der Waals surface area contributed by atoms with Crippen LogP contribution in [-0.2, 0) is 19.0 Å². The zero-order chi connectivity index (χ0) is 20.5. The van der Waals surface area contributed by atoms with Gasteiger partial charge in [-0.1, -0.05) is 13.8 Å². The maximum atomic E-state index is 13.1. The topological polar surface area (TPSA) is 94.7 Å². The first-order valence-electron chi connectivity index (χ1n) is 8.83. The van der Waals surface area contributed by atoms with E-state index in [1.165, 1.54) is 12.4 Å². The van der Waals surface area contributed by atoms with Crippen LogP contribution in [0, 0.1) is 16.7 Å². The molecule has 0 bridgehead atoms. The second kappa shape index (κ2) is 7.36. The molecular formula is C19H20F3N5O. The van der Waals surface area contributed by atoms with E-state index in [-0.39, 0.29) is 35.4 Å². The third-order valence-corrected chi connectivity index (χ3v) is 5.31. The van der Waals surface area contributed by atoms with Crippen molar-refractivity contribution in [2.75, 3.05) is 5.32 Å². The second-order valence-corrected chi connectivity index (χ2v) is 7.46. The number of hydrogen-bond donors (Lipinski definition) is 2. The van der Waals surface area contributed by atoms with Crippen molar-refractivity contribution in [3.8, 4) is 6.07 Å². The first kappa shape index (κ1) is 20.0. The van der Waals surface area contributed by atoms with Gasteiger partial charge in [0.1, 0.15) is 23.3 Å². The number of aryl methyl sites for hydroxylation is 2. The number of nitrogens with one attached hydrogen (secondary N) is 1. The van der Waals surface area contributed by atoms with Gasteiger partial charge in [-0.3, -0.25) is 4.98 Å². The van der Waals surface area contributed by atoms with Gasteiger partial charge in [0, 0.05) is 30.3 Å². The quantitative estimate of drug-likeness (QED) is 0.813. The number of halogens is 3. The summed E-state index contributed by atoms with van der Waals surface area (Å²) in [5.74, 6) is 0.663. The lowest BCUT2D eigenvalue weighted by molar-refractivity contribution is -0.138. The summed E-state index contributed by atoms with van der Waals surface area (Å²) in [7, 11) is 0. The molecule has 1 saturated carbocycles. The van der Waals surface area contributed by atoms with E-state index >= 15 is 0 Å². The second-order valence-electron chi connectivity index (χ2n) is 7.46. The lowest BCUT2D eigenvalue weighted by Crippen LogP contribution is -2.57. The Morgan fingerprint density at radius 3 is 2.68 bits per heavy atom. The van der Waals surface area contributed by atoms with Crippen LogP contribution in [0.1, 0.15) is 42.8 Å². The Morgan fingerprint density at radius 2 is 2.07 bits per heavy atom. The predicted molar refractivity (Wildman–Crippen MR) is 95.2 cm³/mol. The average molecular weight is 391 g/mol. The van der Waals surface area contributed by atoms with Gasteiger partial charge < -0.3 is 10.4 Å². The molecule has 0 aliphatic heterocycles. The van der Waals surface area contributed by atoms with Gasteiger partial charge in [-0.25, -0.2) is 9.97 Å². The highest BCUT2D eigenvalue weighted by atomic mass is 19.4. The van der Waals surface area contributed by atoms with Crippen LogP contribution in [0.2, 0.25) is 0 Å². The Labute approximate surface area is 160 Å². The van der Waals surface area contributed by atoms with Gasteiger partial charge in [0.05, 0.1) is 17.9 Å². The molecule has 28 heavy (non-hydrogen) atoms. The zero-order valence-corrected chi connectivity index (χ0v) is 15.5. The number of pyridine rings is 1. The molecule has 0 radical (unpaired) electrons. The molecule has 2 atom stereocenters. The van der Waals surface area contributed by atoms with Crippen LogP contribution in [0.4, 0.5) is 19.0 Å². The number of nitrogens with zero attached hydrogens (tertiary/aromatic N) is 4. The van der Waals surface area contributed by atoms with E-state index in [0.717, 1.165) is 12.3 Å². The highest BCUT2D eigenvalue weighted by Gasteiger charge is 2.47. The SMILES string of the molecule is CC1(C)[C@H](O)C[C@H]1Nc1nc(CCc2cnccc2C(F)(F)F)ncc1C#N. The van der Waals surface area contributed by atoms with Crippen LogP contribution in [0.25, 0.3) is 0 Å². The standard InChI is InChI=1S/C19H20F3N5O/c1-18(2)14(7-15(18)28)26-17-12(8-23)10-25-16(27-17)4-3-11-9-24-6-5-13(11)19(20,21)22/h5-6,9-10,14-15,28H,3-4,7H2,1-2H3,(H,25,26,27)/t14-,15-/m1/s1. The third-order valence-electron chi connectivity index (χ3n) is 5.31. The molecule has 9 heteroatoms. The Morgan fingerprint density at radius 1 is 1.32 bits per heavy atom. The molecule has 2 aromatic heterocycles. The molecule has 2 N–H and O–H groups in total. The molecule has 1 aliphatic rings. The average Bonchev–Trinajstić information content (AvgIpc) is 2.65. The highest BCUT2D eigenvalue weighted by molar-refractivity contribution is 5.52. The Balaban J connectivity index is 1.77. The molecule has 0 spiro atoms. The van der Waals surface area contributed by atoms with E-state index in [1.54, 1.807) is 0 Å². The third kappa shape index (κ3) is 3.92. The van der Waals surface area contributed by atoms with Crippen molar-refractivity contribution in [3.63, 3.8) is 0 Å². The van der Waals surface area contributed by atoms with E-state index in [1.807, 2.05) is 19.9 Å². The Bertz CT molecular complexity index is 907. The van der Waals surface area contributed by atoms with Gasteiger partial charge in [-0.15, -0.1) is 0 Å². The van der Waals surface area contributed by atoms with E-state index in [0.29, 0.717) is 18.1 Å². The molecule has 6 nitrogen and oxygen atoms in total. The summed E-state index contributed by atoms with van der Waals surface area (Å²) >= 11 is 0. The lowest BCUT2D eigenvalue weighted by Gasteiger charge is -2.49. The predicted octanol–water partition coefficient (Wildman–Crippen LogP) is 3.12. The number of rotatable bonds is 5. The van der Waals surface area contributed by atoms with Crippen molar-refractivity contribution < 1.29 is 18.3 Å². The minimum absolute atomic E-state index is 0.0625. The molecule has 0 saturated heterocycles. The number of aromatic nitrogens is 3. The van der Waals surface area contributed by atoms with Crippen molar-refractivity contribution in [1.82, 2.24) is 15.0 Å². The van der Waals surface area contributed by atoms with Crippen molar-refractivity contribution >= 4 is 5.82 Å². The summed E-state index contributed by atoms with van der Waals surface area (Å²) in [5, 5.41) is 22.3. The molecule has 1 fully saturated rings. The van der Waals surface area contributed by atoms with Crippen LogP contribution in [0.15, 0.2) is 24.7 Å². The van der Waals surface area contributed by atoms with Gasteiger partial charge >= 0.3 is 6.18 Å². The molecule has 1 aliphatic carbocycles. The van der Waals surface area contributed by atoms with E-state index in [9.17, 15) is 23.5 Å². The normalized spacial score (nSPS) is 20.9. The van der Waals surface area contributed by atoms with E-state index in [4.69, 9.17) is 0 Å². The van der Waals surface area contributed by atoms with Gasteiger partial charge in [-0.2, -0.15) is 18.4 Å². The summed E-state index contributed by atoms with van der Waals surface area (Å²) < 4.78 is 39.3. The number of aliphatic hydroxyl groups is 1. The fraction of sp³-hybridized carbons (Fsp3) is 0.474. The molecule has 2 aromatic rings. The fourth-order valence-electron chi connectivity index (χ4n) is 3.19. The lowest BCUT2D eigenvalue weighted by atomic mass is 9.64. The molecule has 148 valence electrons. The summed E-state index contributed by atoms with van der Waals surface area (Å²) in [6.07, 6.45) is -0.447. The Kier molecular flexibility index (Phi) is 5.26. The maximum absolute atomic E-state index is 13.1. The minimum Gasteiger partial charge on any atom is -0.392 e. The molecular weight excluding hydrogens is 371 g/mol. The van der Waals surface area contributed by atoms with Crippen LogP contribution in [0.5, 0.6) is 0 Å². The molecule has 0 unspecified atom stereocenters. The highest BCUT2D eigenvalue weighted by Crippen LogP contribution is 2.42. The number of alkyl halides is 3. The van der Waals surface area contributed by atoms with Crippen LogP contribution in [-0.4, -0.2) is 32.2 Å². The van der Waals surface area contributed by atoms with Crippen molar-refractivity contribution in [2.45, 2.75) is 51.4 Å². The summed E-state index contributed by atoms with van der Waals surface area (Å²) in [6.45, 7) is 3.82. The van der Waals surface area contributed by atoms with E-state index < -0.39 is 17.8 Å². The van der Waals surface area contributed by atoms with Crippen LogP contribution < -0.4 is 5.32 Å². The summed E-state index contributed by atoms with van der Waals surface area (Å²) in [4.78, 5) is 12.2. The minimum atomic E-state index is -4.45. The largest absolute Gasteiger partial charge is 0.416 e. The van der Waals surface area contributed by atoms with Crippen molar-refractivity contribution in [3.05, 3.63) is 47.2 Å². The maximum Gasteiger partial charge on any atom is 0.416 e. The fourth-order valence-corrected chi connectivity index (χ4v) is 3.19. The summed E-state index contributed by atoms with van der Waals surface area (Å²) in [6, 6.07) is 2.90. The number of anilines is 1. The summed E-state index contributed by atoms with van der Waals surface area (Å²) in [5.41, 5.74) is -0.770. The number of aliphatic hydroxyl groups excluding tert-OH is 1. The first-order valence-corrected chi connectivity index (χ1v) is 8.83. The molecule has 0 amide bonds. The molecule has 0 aromatic carbocycles. The smallest absolute Gasteiger partial charge is 0.392 e. The molecule has 2 heterocycles. The van der Waals surface area contributed by atoms with Gasteiger partial charge in [0.25, 0.3) is 0 Å². The first-order chi connectivity index (χ1) is 13.1. The van der Waals surface area contributed by atoms with Gasteiger partial charge in [-0.05, 0) is 24.5 Å². The molecule has 3 rings (SSSR count). The Hall–Kier alpha value is -2.73. The van der Waals surface area contributed by atoms with Crippen LogP contribution >= 0.6 is 0 Å². The number of nitriles is 1. The van der Waals surface area contributed by atoms with Gasteiger partial charge in [0.15, 0.2) is 0 Å². The van der Waals surface area contributed by atoms with Gasteiger partial charge in [0.2, 0.25) is 0 Å². The van der Waals surface area contributed by atoms with Crippen molar-refractivity contribution in [2.24, 2.45) is 5.41 Å². The van der Waals surface area contributed by atoms with Crippen LogP contribution in [0.3, 0.4) is 0 Å².